The lowest BCUT2D eigenvalue weighted by molar-refractivity contribution is -0.132. The van der Waals surface area contributed by atoms with Crippen molar-refractivity contribution in [3.63, 3.8) is 0 Å². The molecule has 27 heavy (non-hydrogen) atoms. The van der Waals surface area contributed by atoms with Crippen molar-refractivity contribution in [2.75, 3.05) is 13.1 Å². The molecule has 2 atom stereocenters. The summed E-state index contributed by atoms with van der Waals surface area (Å²) in [5, 5.41) is 2.58. The standard InChI is InChI=1S/C21H24FN3O2/c22-18-8-6-16(7-9-18)12-17-10-11-25(14-17)20(26)19(24-21(23)27)13-15-4-2-1-3-5-15/h1-9,17,19H,10-14H2,(H3,23,24,27). The van der Waals surface area contributed by atoms with Crippen molar-refractivity contribution in [2.45, 2.75) is 25.3 Å². The van der Waals surface area contributed by atoms with Gasteiger partial charge in [0.1, 0.15) is 11.9 Å². The Bertz CT molecular complexity index is 780. The molecule has 1 saturated heterocycles. The van der Waals surface area contributed by atoms with Crippen molar-refractivity contribution in [3.8, 4) is 0 Å². The van der Waals surface area contributed by atoms with Crippen LogP contribution in [0.5, 0.6) is 0 Å². The second kappa shape index (κ2) is 8.66. The van der Waals surface area contributed by atoms with Gasteiger partial charge in [0, 0.05) is 19.5 Å². The minimum Gasteiger partial charge on any atom is -0.352 e. The number of amides is 3. The minimum atomic E-state index is -0.702. The van der Waals surface area contributed by atoms with Gasteiger partial charge in [0.05, 0.1) is 0 Å². The number of hydrogen-bond donors (Lipinski definition) is 2. The first kappa shape index (κ1) is 18.9. The predicted molar refractivity (Wildman–Crippen MR) is 101 cm³/mol. The summed E-state index contributed by atoms with van der Waals surface area (Å²) in [5.74, 6) is -0.0344. The number of hydrogen-bond acceptors (Lipinski definition) is 2. The van der Waals surface area contributed by atoms with Crippen LogP contribution in [0, 0.1) is 11.7 Å². The average molecular weight is 369 g/mol. The van der Waals surface area contributed by atoms with E-state index in [1.54, 1.807) is 17.0 Å². The van der Waals surface area contributed by atoms with Crippen molar-refractivity contribution in [2.24, 2.45) is 11.7 Å². The lowest BCUT2D eigenvalue weighted by Crippen LogP contribution is -2.50. The fraction of sp³-hybridized carbons (Fsp3) is 0.333. The third-order valence-corrected chi connectivity index (χ3v) is 4.93. The van der Waals surface area contributed by atoms with E-state index in [1.165, 1.54) is 12.1 Å². The topological polar surface area (TPSA) is 75.4 Å². The lowest BCUT2D eigenvalue weighted by Gasteiger charge is -2.24. The fourth-order valence-corrected chi connectivity index (χ4v) is 3.60. The van der Waals surface area contributed by atoms with Crippen molar-refractivity contribution in [1.82, 2.24) is 10.2 Å². The zero-order valence-electron chi connectivity index (χ0n) is 15.1. The van der Waals surface area contributed by atoms with Gasteiger partial charge in [0.15, 0.2) is 0 Å². The van der Waals surface area contributed by atoms with Crippen LogP contribution in [0.25, 0.3) is 0 Å². The van der Waals surface area contributed by atoms with Crippen LogP contribution in [0.2, 0.25) is 0 Å². The van der Waals surface area contributed by atoms with Gasteiger partial charge < -0.3 is 16.0 Å². The summed E-state index contributed by atoms with van der Waals surface area (Å²) in [7, 11) is 0. The molecule has 0 radical (unpaired) electrons. The van der Waals surface area contributed by atoms with Gasteiger partial charge in [-0.05, 0) is 42.0 Å². The summed E-state index contributed by atoms with van der Waals surface area (Å²) in [6.07, 6.45) is 2.09. The highest BCUT2D eigenvalue weighted by Gasteiger charge is 2.31. The van der Waals surface area contributed by atoms with Gasteiger partial charge >= 0.3 is 6.03 Å². The fourth-order valence-electron chi connectivity index (χ4n) is 3.60. The molecule has 1 aliphatic rings. The van der Waals surface area contributed by atoms with Gasteiger partial charge in [0.25, 0.3) is 0 Å². The monoisotopic (exact) mass is 369 g/mol. The molecule has 0 saturated carbocycles. The van der Waals surface area contributed by atoms with E-state index < -0.39 is 12.1 Å². The molecule has 0 bridgehead atoms. The van der Waals surface area contributed by atoms with Crippen LogP contribution >= 0.6 is 0 Å². The first-order valence-electron chi connectivity index (χ1n) is 9.14. The Labute approximate surface area is 158 Å². The van der Waals surface area contributed by atoms with Gasteiger partial charge in [-0.15, -0.1) is 0 Å². The molecule has 5 nitrogen and oxygen atoms in total. The number of carbonyl (C=O) groups is 2. The third-order valence-electron chi connectivity index (χ3n) is 4.93. The summed E-state index contributed by atoms with van der Waals surface area (Å²) >= 11 is 0. The maximum atomic E-state index is 13.0. The number of carbonyl (C=O) groups excluding carboxylic acids is 2. The van der Waals surface area contributed by atoms with Crippen LogP contribution in [0.1, 0.15) is 17.5 Å². The Kier molecular flexibility index (Phi) is 6.06. The Morgan fingerprint density at radius 1 is 1.11 bits per heavy atom. The minimum absolute atomic E-state index is 0.112. The molecular weight excluding hydrogens is 345 g/mol. The van der Waals surface area contributed by atoms with Crippen molar-refractivity contribution in [1.29, 1.82) is 0 Å². The summed E-state index contributed by atoms with van der Waals surface area (Å²) < 4.78 is 13.0. The van der Waals surface area contributed by atoms with Gasteiger partial charge in [-0.25, -0.2) is 9.18 Å². The van der Waals surface area contributed by atoms with Crippen LogP contribution in [-0.4, -0.2) is 36.0 Å². The molecule has 0 spiro atoms. The van der Waals surface area contributed by atoms with E-state index >= 15 is 0 Å². The van der Waals surface area contributed by atoms with Gasteiger partial charge in [-0.1, -0.05) is 42.5 Å². The number of primary amides is 1. The average Bonchev–Trinajstić information content (AvgIpc) is 3.11. The third kappa shape index (κ3) is 5.29. The van der Waals surface area contributed by atoms with Crippen molar-refractivity contribution < 1.29 is 14.0 Å². The van der Waals surface area contributed by atoms with Crippen LogP contribution in [-0.2, 0) is 17.6 Å². The highest BCUT2D eigenvalue weighted by atomic mass is 19.1. The van der Waals surface area contributed by atoms with E-state index in [1.807, 2.05) is 30.3 Å². The van der Waals surface area contributed by atoms with E-state index in [0.29, 0.717) is 25.4 Å². The molecule has 142 valence electrons. The Morgan fingerprint density at radius 2 is 1.81 bits per heavy atom. The molecule has 6 heteroatoms. The number of likely N-dealkylation sites (tertiary alicyclic amines) is 1. The number of nitrogens with two attached hydrogens (primary N) is 1. The zero-order chi connectivity index (χ0) is 19.2. The second-order valence-electron chi connectivity index (χ2n) is 7.02. The first-order valence-corrected chi connectivity index (χ1v) is 9.14. The number of nitrogens with zero attached hydrogens (tertiary/aromatic N) is 1. The summed E-state index contributed by atoms with van der Waals surface area (Å²) in [6, 6.07) is 14.7. The molecule has 3 N–H and O–H groups in total. The number of nitrogens with one attached hydrogen (secondary N) is 1. The van der Waals surface area contributed by atoms with Crippen LogP contribution in [0.4, 0.5) is 9.18 Å². The maximum Gasteiger partial charge on any atom is 0.312 e. The highest BCUT2D eigenvalue weighted by molar-refractivity contribution is 5.87. The second-order valence-corrected chi connectivity index (χ2v) is 7.02. The molecule has 0 aromatic heterocycles. The smallest absolute Gasteiger partial charge is 0.312 e. The maximum absolute atomic E-state index is 13.0. The number of urea groups is 1. The summed E-state index contributed by atoms with van der Waals surface area (Å²) in [6.45, 7) is 1.28. The Hall–Kier alpha value is -2.89. The lowest BCUT2D eigenvalue weighted by atomic mass is 9.99. The van der Waals surface area contributed by atoms with Gasteiger partial charge in [-0.3, -0.25) is 4.79 Å². The molecule has 1 heterocycles. The molecule has 3 rings (SSSR count). The van der Waals surface area contributed by atoms with Crippen LogP contribution in [0.15, 0.2) is 54.6 Å². The Morgan fingerprint density at radius 3 is 2.48 bits per heavy atom. The van der Waals surface area contributed by atoms with Gasteiger partial charge in [-0.2, -0.15) is 0 Å². The predicted octanol–water partition coefficient (Wildman–Crippen LogP) is 2.50. The molecule has 1 fully saturated rings. The summed E-state index contributed by atoms with van der Waals surface area (Å²) in [4.78, 5) is 26.1. The molecule has 2 aromatic rings. The Balaban J connectivity index is 1.62. The first-order chi connectivity index (χ1) is 13.0. The number of halogens is 1. The van der Waals surface area contributed by atoms with Crippen molar-refractivity contribution in [3.05, 3.63) is 71.5 Å². The quantitative estimate of drug-likeness (QED) is 0.821. The van der Waals surface area contributed by atoms with E-state index in [4.69, 9.17) is 5.73 Å². The molecule has 1 aliphatic heterocycles. The highest BCUT2D eigenvalue weighted by Crippen LogP contribution is 2.22. The largest absolute Gasteiger partial charge is 0.352 e. The summed E-state index contributed by atoms with van der Waals surface area (Å²) in [5.41, 5.74) is 7.30. The van der Waals surface area contributed by atoms with Crippen LogP contribution in [0.3, 0.4) is 0 Å². The number of rotatable bonds is 6. The van der Waals surface area contributed by atoms with E-state index in [-0.39, 0.29) is 11.7 Å². The molecule has 3 amide bonds. The van der Waals surface area contributed by atoms with Crippen molar-refractivity contribution >= 4 is 11.9 Å². The molecule has 2 unspecified atom stereocenters. The van der Waals surface area contributed by atoms with E-state index in [2.05, 4.69) is 5.32 Å². The number of benzene rings is 2. The van der Waals surface area contributed by atoms with Gasteiger partial charge in [0.2, 0.25) is 5.91 Å². The van der Waals surface area contributed by atoms with E-state index in [0.717, 1.165) is 24.0 Å². The molecule has 2 aromatic carbocycles. The van der Waals surface area contributed by atoms with Crippen LogP contribution < -0.4 is 11.1 Å². The van der Waals surface area contributed by atoms with E-state index in [9.17, 15) is 14.0 Å². The molecule has 0 aliphatic carbocycles. The normalized spacial score (nSPS) is 17.5. The SMILES string of the molecule is NC(=O)NC(Cc1ccccc1)C(=O)N1CCC(Cc2ccc(F)cc2)C1. The molecular formula is C21H24FN3O2. The zero-order valence-corrected chi connectivity index (χ0v) is 15.1.